The third-order valence-electron chi connectivity index (χ3n) is 5.25. The van der Waals surface area contributed by atoms with Crippen molar-refractivity contribution in [3.63, 3.8) is 0 Å². The summed E-state index contributed by atoms with van der Waals surface area (Å²) in [5.74, 6) is -2.06. The molecule has 0 amide bonds. The minimum absolute atomic E-state index is 0.0834. The van der Waals surface area contributed by atoms with Crippen molar-refractivity contribution in [1.82, 2.24) is 0 Å². The van der Waals surface area contributed by atoms with Crippen LogP contribution in [0.5, 0.6) is 5.75 Å². The Labute approximate surface area is 165 Å². The summed E-state index contributed by atoms with van der Waals surface area (Å²) in [4.78, 5) is 0. The molecule has 28 heavy (non-hydrogen) atoms. The van der Waals surface area contributed by atoms with Crippen LogP contribution >= 0.6 is 0 Å². The molecule has 152 valence electrons. The van der Waals surface area contributed by atoms with Crippen LogP contribution in [0.15, 0.2) is 36.4 Å². The third-order valence-corrected chi connectivity index (χ3v) is 5.25. The zero-order valence-corrected chi connectivity index (χ0v) is 16.5. The molecule has 0 saturated carbocycles. The van der Waals surface area contributed by atoms with Gasteiger partial charge < -0.3 is 14.2 Å². The van der Waals surface area contributed by atoms with E-state index >= 15 is 0 Å². The summed E-state index contributed by atoms with van der Waals surface area (Å²) >= 11 is 0. The summed E-state index contributed by atoms with van der Waals surface area (Å²) in [6, 6.07) is 11.5. The van der Waals surface area contributed by atoms with Gasteiger partial charge in [0.2, 0.25) is 5.82 Å². The molecule has 1 saturated heterocycles. The zero-order chi connectivity index (χ0) is 19.9. The van der Waals surface area contributed by atoms with Crippen molar-refractivity contribution in [3.05, 3.63) is 64.7 Å². The number of benzene rings is 2. The Morgan fingerprint density at radius 1 is 1.00 bits per heavy atom. The molecule has 2 aromatic carbocycles. The Hall–Kier alpha value is -1.98. The summed E-state index contributed by atoms with van der Waals surface area (Å²) in [7, 11) is 1.32. The Balaban J connectivity index is 1.49. The average molecular weight is 390 g/mol. The van der Waals surface area contributed by atoms with Crippen molar-refractivity contribution < 1.29 is 23.0 Å². The number of hydrogen-bond donors (Lipinski definition) is 0. The molecule has 3 nitrogen and oxygen atoms in total. The summed E-state index contributed by atoms with van der Waals surface area (Å²) in [5, 5.41) is 0. The van der Waals surface area contributed by atoms with Gasteiger partial charge in [-0.25, -0.2) is 4.39 Å². The SMILES string of the molecule is CCCCc1ccc(COC2CCC(c3ccc(OC)c(F)c3F)CO2)cc1. The van der Waals surface area contributed by atoms with Crippen LogP contribution in [0.2, 0.25) is 0 Å². The van der Waals surface area contributed by atoms with Gasteiger partial charge in [0.05, 0.1) is 20.3 Å². The molecule has 0 aliphatic carbocycles. The normalized spacial score (nSPS) is 19.6. The van der Waals surface area contributed by atoms with Crippen LogP contribution in [0.4, 0.5) is 8.78 Å². The van der Waals surface area contributed by atoms with Gasteiger partial charge in [-0.2, -0.15) is 4.39 Å². The highest BCUT2D eigenvalue weighted by atomic mass is 19.2. The van der Waals surface area contributed by atoms with E-state index in [0.717, 1.165) is 12.0 Å². The molecule has 2 unspecified atom stereocenters. The minimum Gasteiger partial charge on any atom is -0.494 e. The van der Waals surface area contributed by atoms with Gasteiger partial charge in [-0.05, 0) is 48.4 Å². The minimum atomic E-state index is -0.944. The van der Waals surface area contributed by atoms with Gasteiger partial charge in [0.25, 0.3) is 0 Å². The first-order chi connectivity index (χ1) is 13.6. The number of ether oxygens (including phenoxy) is 3. The molecule has 1 heterocycles. The Bertz CT molecular complexity index is 753. The second-order valence-corrected chi connectivity index (χ2v) is 7.25. The molecule has 3 rings (SSSR count). The largest absolute Gasteiger partial charge is 0.494 e. The van der Waals surface area contributed by atoms with Gasteiger partial charge in [-0.1, -0.05) is 43.7 Å². The third kappa shape index (κ3) is 5.09. The van der Waals surface area contributed by atoms with Crippen LogP contribution in [-0.4, -0.2) is 20.0 Å². The molecule has 0 aromatic heterocycles. The fourth-order valence-electron chi connectivity index (χ4n) is 3.50. The zero-order valence-electron chi connectivity index (χ0n) is 16.5. The predicted octanol–water partition coefficient (Wildman–Crippen LogP) is 5.75. The van der Waals surface area contributed by atoms with E-state index in [0.29, 0.717) is 31.6 Å². The van der Waals surface area contributed by atoms with E-state index in [1.54, 1.807) is 6.07 Å². The lowest BCUT2D eigenvalue weighted by Crippen LogP contribution is -2.27. The van der Waals surface area contributed by atoms with Crippen LogP contribution in [0, 0.1) is 11.6 Å². The van der Waals surface area contributed by atoms with Gasteiger partial charge in [-0.15, -0.1) is 0 Å². The maximum Gasteiger partial charge on any atom is 0.200 e. The van der Waals surface area contributed by atoms with Crippen LogP contribution in [0.25, 0.3) is 0 Å². The van der Waals surface area contributed by atoms with Crippen molar-refractivity contribution >= 4 is 0 Å². The molecule has 0 bridgehead atoms. The quantitative estimate of drug-likeness (QED) is 0.574. The molecule has 5 heteroatoms. The van der Waals surface area contributed by atoms with Gasteiger partial charge >= 0.3 is 0 Å². The van der Waals surface area contributed by atoms with E-state index in [1.807, 2.05) is 0 Å². The number of halogens is 2. The molecule has 2 aromatic rings. The van der Waals surface area contributed by atoms with Crippen molar-refractivity contribution in [2.45, 2.75) is 57.8 Å². The number of hydrogen-bond acceptors (Lipinski definition) is 3. The Kier molecular flexibility index (Phi) is 7.40. The number of rotatable bonds is 8. The van der Waals surface area contributed by atoms with Gasteiger partial charge in [0.15, 0.2) is 17.9 Å². The second kappa shape index (κ2) is 9.99. The van der Waals surface area contributed by atoms with Crippen molar-refractivity contribution in [1.29, 1.82) is 0 Å². The maximum atomic E-state index is 14.3. The van der Waals surface area contributed by atoms with Crippen LogP contribution in [0.1, 0.15) is 55.2 Å². The molecule has 0 radical (unpaired) electrons. The Morgan fingerprint density at radius 2 is 1.75 bits per heavy atom. The summed E-state index contributed by atoms with van der Waals surface area (Å²) in [5.41, 5.74) is 2.78. The number of methoxy groups -OCH3 is 1. The first-order valence-electron chi connectivity index (χ1n) is 9.95. The second-order valence-electron chi connectivity index (χ2n) is 7.25. The Morgan fingerprint density at radius 3 is 2.39 bits per heavy atom. The molecular formula is C23H28F2O3. The molecule has 1 fully saturated rings. The van der Waals surface area contributed by atoms with Crippen LogP contribution in [-0.2, 0) is 22.5 Å². The summed E-state index contributed by atoms with van der Waals surface area (Å²) < 4.78 is 44.6. The van der Waals surface area contributed by atoms with E-state index in [4.69, 9.17) is 14.2 Å². The van der Waals surface area contributed by atoms with E-state index < -0.39 is 11.6 Å². The molecule has 1 aliphatic heterocycles. The van der Waals surface area contributed by atoms with Gasteiger partial charge in [0, 0.05) is 5.92 Å². The first kappa shape index (κ1) is 20.7. The van der Waals surface area contributed by atoms with Gasteiger partial charge in [0.1, 0.15) is 0 Å². The molecule has 0 spiro atoms. The lowest BCUT2D eigenvalue weighted by Gasteiger charge is -2.29. The summed E-state index contributed by atoms with van der Waals surface area (Å²) in [6.45, 7) is 2.98. The first-order valence-corrected chi connectivity index (χ1v) is 9.95. The van der Waals surface area contributed by atoms with Crippen LogP contribution in [0.3, 0.4) is 0 Å². The van der Waals surface area contributed by atoms with Crippen molar-refractivity contribution in [2.24, 2.45) is 0 Å². The molecular weight excluding hydrogens is 362 g/mol. The lowest BCUT2D eigenvalue weighted by atomic mass is 9.92. The smallest absolute Gasteiger partial charge is 0.200 e. The van der Waals surface area contributed by atoms with E-state index in [9.17, 15) is 8.78 Å². The highest BCUT2D eigenvalue weighted by molar-refractivity contribution is 5.33. The molecule has 2 atom stereocenters. The maximum absolute atomic E-state index is 14.3. The summed E-state index contributed by atoms with van der Waals surface area (Å²) in [6.07, 6.45) is 4.51. The highest BCUT2D eigenvalue weighted by Gasteiger charge is 2.27. The average Bonchev–Trinajstić information content (AvgIpc) is 2.74. The molecule has 1 aliphatic rings. The monoisotopic (exact) mass is 390 g/mol. The van der Waals surface area contributed by atoms with Crippen LogP contribution < -0.4 is 4.74 Å². The van der Waals surface area contributed by atoms with Crippen molar-refractivity contribution in [2.75, 3.05) is 13.7 Å². The van der Waals surface area contributed by atoms with Gasteiger partial charge in [-0.3, -0.25) is 0 Å². The molecule has 0 N–H and O–H groups in total. The van der Waals surface area contributed by atoms with Crippen molar-refractivity contribution in [3.8, 4) is 5.75 Å². The fraction of sp³-hybridized carbons (Fsp3) is 0.478. The predicted molar refractivity (Wildman–Crippen MR) is 104 cm³/mol. The lowest BCUT2D eigenvalue weighted by molar-refractivity contribution is -0.173. The van der Waals surface area contributed by atoms with E-state index in [1.165, 1.54) is 31.6 Å². The van der Waals surface area contributed by atoms with E-state index in [-0.39, 0.29) is 18.0 Å². The highest BCUT2D eigenvalue weighted by Crippen LogP contribution is 2.33. The standard InChI is InChI=1S/C23H28F2O3/c1-3-4-5-16-6-8-17(9-7-16)14-27-21-13-10-18(15-28-21)19-11-12-20(26-2)23(25)22(19)24/h6-9,11-12,18,21H,3-5,10,13-15H2,1-2H3. The fourth-order valence-corrected chi connectivity index (χ4v) is 3.50. The topological polar surface area (TPSA) is 27.7 Å². The number of aryl methyl sites for hydroxylation is 1. The van der Waals surface area contributed by atoms with E-state index in [2.05, 4.69) is 31.2 Å². The number of unbranched alkanes of at least 4 members (excludes halogenated alkanes) is 1.